The van der Waals surface area contributed by atoms with Gasteiger partial charge in [-0.3, -0.25) is 9.59 Å². The number of nitrogens with zero attached hydrogens (tertiary/aromatic N) is 1. The van der Waals surface area contributed by atoms with Crippen LogP contribution < -0.4 is 10.6 Å². The molecule has 98 valence electrons. The molecule has 0 aromatic heterocycles. The maximum Gasteiger partial charge on any atom is 0.319 e. The minimum atomic E-state index is -0.872. The lowest BCUT2D eigenvalue weighted by atomic mass is 10.1. The summed E-state index contributed by atoms with van der Waals surface area (Å²) in [6.07, 6.45) is 0.450. The molecule has 2 heterocycles. The van der Waals surface area contributed by atoms with E-state index in [1.54, 1.807) is 11.8 Å². The Hall–Kier alpha value is -2.05. The van der Waals surface area contributed by atoms with Crippen molar-refractivity contribution in [1.29, 1.82) is 0 Å². The van der Waals surface area contributed by atoms with Crippen molar-refractivity contribution in [2.75, 3.05) is 13.1 Å². The fourth-order valence-electron chi connectivity index (χ4n) is 2.24. The second-order valence-corrected chi connectivity index (χ2v) is 4.44. The van der Waals surface area contributed by atoms with Gasteiger partial charge in [-0.05, 0) is 13.3 Å². The summed E-state index contributed by atoms with van der Waals surface area (Å²) in [6, 6.07) is -0.604. The van der Waals surface area contributed by atoms with E-state index in [-0.39, 0.29) is 24.4 Å². The Balaban J connectivity index is 1.99. The van der Waals surface area contributed by atoms with E-state index in [2.05, 4.69) is 10.6 Å². The van der Waals surface area contributed by atoms with Gasteiger partial charge in [-0.15, -0.1) is 0 Å². The van der Waals surface area contributed by atoms with Gasteiger partial charge in [-0.1, -0.05) is 0 Å². The molecule has 0 aliphatic carbocycles. The molecule has 0 aromatic rings. The van der Waals surface area contributed by atoms with Gasteiger partial charge in [0.05, 0.1) is 18.2 Å². The fourth-order valence-corrected chi connectivity index (χ4v) is 2.24. The van der Waals surface area contributed by atoms with Crippen LogP contribution in [-0.2, 0) is 9.59 Å². The minimum Gasteiger partial charge on any atom is -0.481 e. The molecule has 0 saturated heterocycles. The predicted molar refractivity (Wildman–Crippen MR) is 61.6 cm³/mol. The van der Waals surface area contributed by atoms with Crippen molar-refractivity contribution < 1.29 is 19.5 Å². The Morgan fingerprint density at radius 1 is 1.50 bits per heavy atom. The molecule has 0 saturated carbocycles. The van der Waals surface area contributed by atoms with E-state index in [1.807, 2.05) is 0 Å². The number of aliphatic carboxylic acids is 1. The molecular weight excluding hydrogens is 238 g/mol. The first-order valence-electron chi connectivity index (χ1n) is 5.80. The van der Waals surface area contributed by atoms with Gasteiger partial charge >= 0.3 is 12.0 Å². The molecule has 0 aromatic carbocycles. The third kappa shape index (κ3) is 2.29. The smallest absolute Gasteiger partial charge is 0.319 e. The summed E-state index contributed by atoms with van der Waals surface area (Å²) in [4.78, 5) is 35.3. The Labute approximate surface area is 104 Å². The van der Waals surface area contributed by atoms with Crippen LogP contribution in [0.15, 0.2) is 11.3 Å². The first kappa shape index (κ1) is 12.4. The molecule has 0 unspecified atom stereocenters. The highest BCUT2D eigenvalue weighted by Gasteiger charge is 2.37. The summed E-state index contributed by atoms with van der Waals surface area (Å²) < 4.78 is 0. The Bertz CT molecular complexity index is 444. The van der Waals surface area contributed by atoms with Crippen LogP contribution in [0.25, 0.3) is 0 Å². The van der Waals surface area contributed by atoms with Crippen molar-refractivity contribution in [1.82, 2.24) is 15.5 Å². The Kier molecular flexibility index (Phi) is 3.22. The third-order valence-electron chi connectivity index (χ3n) is 3.06. The summed E-state index contributed by atoms with van der Waals surface area (Å²) in [5.74, 6) is -1.00. The molecule has 2 aliphatic heterocycles. The quantitative estimate of drug-likeness (QED) is 0.637. The highest BCUT2D eigenvalue weighted by molar-refractivity contribution is 6.01. The van der Waals surface area contributed by atoms with Crippen molar-refractivity contribution in [2.24, 2.45) is 0 Å². The van der Waals surface area contributed by atoms with Gasteiger partial charge < -0.3 is 20.6 Å². The molecule has 3 amide bonds. The van der Waals surface area contributed by atoms with E-state index >= 15 is 0 Å². The molecule has 0 fully saturated rings. The molecule has 3 N–H and O–H groups in total. The second kappa shape index (κ2) is 4.67. The lowest BCUT2D eigenvalue weighted by molar-refractivity contribution is -0.137. The van der Waals surface area contributed by atoms with Crippen LogP contribution in [0.4, 0.5) is 4.79 Å². The van der Waals surface area contributed by atoms with E-state index in [1.165, 1.54) is 0 Å². The zero-order valence-corrected chi connectivity index (χ0v) is 10.0. The number of hydrogen-bond donors (Lipinski definition) is 3. The van der Waals surface area contributed by atoms with Crippen LogP contribution in [0.1, 0.15) is 19.8 Å². The van der Waals surface area contributed by atoms with Crippen LogP contribution in [-0.4, -0.2) is 47.0 Å². The summed E-state index contributed by atoms with van der Waals surface area (Å²) in [7, 11) is 0. The van der Waals surface area contributed by atoms with Gasteiger partial charge in [-0.25, -0.2) is 4.79 Å². The van der Waals surface area contributed by atoms with Crippen LogP contribution in [0.2, 0.25) is 0 Å². The standard InChI is InChI=1S/C11H15N3O4/c1-6-9-7(13-11(18)12-6)5-14(10(9)17)4-2-3-8(15)16/h6H,2-5H2,1H3,(H,15,16)(H2,12,13,18)/t6-/m1/s1. The summed E-state index contributed by atoms with van der Waals surface area (Å²) in [5.41, 5.74) is 1.21. The topological polar surface area (TPSA) is 98.7 Å². The van der Waals surface area contributed by atoms with E-state index in [9.17, 15) is 14.4 Å². The first-order valence-corrected chi connectivity index (χ1v) is 5.80. The molecule has 2 aliphatic rings. The fraction of sp³-hybridized carbons (Fsp3) is 0.545. The molecule has 1 atom stereocenters. The maximum absolute atomic E-state index is 12.1. The Morgan fingerprint density at radius 2 is 2.22 bits per heavy atom. The number of hydrogen-bond acceptors (Lipinski definition) is 3. The number of carboxylic acid groups (broad SMARTS) is 1. The zero-order chi connectivity index (χ0) is 13.3. The highest BCUT2D eigenvalue weighted by Crippen LogP contribution is 2.23. The average Bonchev–Trinajstić information content (AvgIpc) is 2.55. The maximum atomic E-state index is 12.1. The molecule has 0 spiro atoms. The lowest BCUT2D eigenvalue weighted by Gasteiger charge is -2.21. The van der Waals surface area contributed by atoms with Gasteiger partial charge in [-0.2, -0.15) is 0 Å². The van der Waals surface area contributed by atoms with E-state index in [0.29, 0.717) is 30.8 Å². The number of urea groups is 1. The number of carbonyl (C=O) groups excluding carboxylic acids is 2. The lowest BCUT2D eigenvalue weighted by Crippen LogP contribution is -2.47. The molecule has 0 radical (unpaired) electrons. The summed E-state index contributed by atoms with van der Waals surface area (Å²) in [6.45, 7) is 2.50. The van der Waals surface area contributed by atoms with Crippen molar-refractivity contribution in [3.63, 3.8) is 0 Å². The summed E-state index contributed by atoms with van der Waals surface area (Å²) in [5, 5.41) is 13.8. The van der Waals surface area contributed by atoms with Gasteiger partial charge in [0, 0.05) is 18.7 Å². The number of carbonyl (C=O) groups is 3. The number of nitrogens with one attached hydrogen (secondary N) is 2. The molecular formula is C11H15N3O4. The van der Waals surface area contributed by atoms with Gasteiger partial charge in [0.2, 0.25) is 0 Å². The van der Waals surface area contributed by atoms with E-state index in [0.717, 1.165) is 0 Å². The van der Waals surface area contributed by atoms with Gasteiger partial charge in [0.15, 0.2) is 0 Å². The van der Waals surface area contributed by atoms with Gasteiger partial charge in [0.25, 0.3) is 5.91 Å². The van der Waals surface area contributed by atoms with E-state index < -0.39 is 5.97 Å². The van der Waals surface area contributed by atoms with Crippen LogP contribution in [0.5, 0.6) is 0 Å². The van der Waals surface area contributed by atoms with Crippen LogP contribution >= 0.6 is 0 Å². The number of rotatable bonds is 4. The number of carboxylic acids is 1. The zero-order valence-electron chi connectivity index (χ0n) is 10.0. The monoisotopic (exact) mass is 253 g/mol. The van der Waals surface area contributed by atoms with Gasteiger partial charge in [0.1, 0.15) is 0 Å². The SMILES string of the molecule is C[C@H]1NC(=O)NC2=C1C(=O)N(CCCC(=O)O)C2. The molecule has 0 bridgehead atoms. The highest BCUT2D eigenvalue weighted by atomic mass is 16.4. The predicted octanol–water partition coefficient (Wildman–Crippen LogP) is -0.351. The molecule has 2 rings (SSSR count). The van der Waals surface area contributed by atoms with Crippen molar-refractivity contribution >= 4 is 17.9 Å². The summed E-state index contributed by atoms with van der Waals surface area (Å²) >= 11 is 0. The molecule has 18 heavy (non-hydrogen) atoms. The van der Waals surface area contributed by atoms with Crippen LogP contribution in [0.3, 0.4) is 0 Å². The molecule has 7 heteroatoms. The third-order valence-corrected chi connectivity index (χ3v) is 3.06. The Morgan fingerprint density at radius 3 is 2.89 bits per heavy atom. The number of amides is 3. The minimum absolute atomic E-state index is 0.0363. The molecule has 7 nitrogen and oxygen atoms in total. The van der Waals surface area contributed by atoms with Crippen molar-refractivity contribution in [3.8, 4) is 0 Å². The largest absolute Gasteiger partial charge is 0.481 e. The van der Waals surface area contributed by atoms with Crippen molar-refractivity contribution in [2.45, 2.75) is 25.8 Å². The first-order chi connectivity index (χ1) is 8.49. The second-order valence-electron chi connectivity index (χ2n) is 4.44. The average molecular weight is 253 g/mol. The normalized spacial score (nSPS) is 22.7. The van der Waals surface area contributed by atoms with Crippen LogP contribution in [0, 0.1) is 0 Å². The van der Waals surface area contributed by atoms with Crippen molar-refractivity contribution in [3.05, 3.63) is 11.3 Å². The van der Waals surface area contributed by atoms with E-state index in [4.69, 9.17) is 5.11 Å².